The summed E-state index contributed by atoms with van der Waals surface area (Å²) >= 11 is 0. The van der Waals surface area contributed by atoms with E-state index in [1.54, 1.807) is 0 Å². The van der Waals surface area contributed by atoms with E-state index in [0.717, 1.165) is 32.3 Å². The van der Waals surface area contributed by atoms with Crippen molar-refractivity contribution in [2.75, 3.05) is 6.61 Å². The summed E-state index contributed by atoms with van der Waals surface area (Å²) in [5.74, 6) is 5.25. The van der Waals surface area contributed by atoms with Crippen molar-refractivity contribution in [2.24, 2.45) is 11.3 Å². The van der Waals surface area contributed by atoms with Gasteiger partial charge in [0.05, 0.1) is 6.10 Å². The molecule has 2 aliphatic rings. The highest BCUT2D eigenvalue weighted by molar-refractivity contribution is 4.99. The fourth-order valence-electron chi connectivity index (χ4n) is 2.61. The van der Waals surface area contributed by atoms with E-state index in [1.807, 2.05) is 0 Å². The smallest absolute Gasteiger partial charge is 0.125 e. The molecule has 3 atom stereocenters. The van der Waals surface area contributed by atoms with E-state index in [1.165, 1.54) is 0 Å². The zero-order valence-electron chi connectivity index (χ0n) is 7.12. The molecule has 1 aliphatic heterocycles. The van der Waals surface area contributed by atoms with E-state index >= 15 is 0 Å². The zero-order chi connectivity index (χ0) is 8.60. The van der Waals surface area contributed by atoms with Crippen LogP contribution in [0.1, 0.15) is 25.7 Å². The van der Waals surface area contributed by atoms with Gasteiger partial charge in [-0.05, 0) is 19.3 Å². The first-order valence-electron chi connectivity index (χ1n) is 4.55. The topological polar surface area (TPSA) is 67.5 Å². The molecule has 1 unspecified atom stereocenters. The highest BCUT2D eigenvalue weighted by atomic mass is 16.5. The quantitative estimate of drug-likeness (QED) is 0.304. The van der Waals surface area contributed by atoms with Gasteiger partial charge >= 0.3 is 0 Å². The number of fused-ring (bicyclic) bond motifs is 1. The van der Waals surface area contributed by atoms with Gasteiger partial charge in [0.25, 0.3) is 0 Å². The highest BCUT2D eigenvalue weighted by Crippen LogP contribution is 2.48. The summed E-state index contributed by atoms with van der Waals surface area (Å²) in [6.07, 6.45) is 3.80. The van der Waals surface area contributed by atoms with Crippen LogP contribution in [0.25, 0.3) is 0 Å². The lowest BCUT2D eigenvalue weighted by molar-refractivity contribution is -0.0356. The van der Waals surface area contributed by atoms with Crippen LogP contribution in [0.4, 0.5) is 0 Å². The van der Waals surface area contributed by atoms with Crippen molar-refractivity contribution < 1.29 is 9.84 Å². The molecule has 1 saturated carbocycles. The number of hydrogen-bond acceptors (Lipinski definition) is 4. The van der Waals surface area contributed by atoms with E-state index in [4.69, 9.17) is 10.6 Å². The van der Waals surface area contributed by atoms with E-state index in [0.29, 0.717) is 0 Å². The number of ether oxygens (including phenoxy) is 1. The summed E-state index contributed by atoms with van der Waals surface area (Å²) in [4.78, 5) is 0. The van der Waals surface area contributed by atoms with Gasteiger partial charge in [-0.2, -0.15) is 0 Å². The number of hydrogen-bond donors (Lipinski definition) is 3. The summed E-state index contributed by atoms with van der Waals surface area (Å²) in [6, 6.07) is 0. The van der Waals surface area contributed by atoms with Gasteiger partial charge in [0.2, 0.25) is 0 Å². The van der Waals surface area contributed by atoms with Crippen molar-refractivity contribution in [3.8, 4) is 0 Å². The Morgan fingerprint density at radius 1 is 1.58 bits per heavy atom. The predicted octanol–water partition coefficient (Wildman–Crippen LogP) is -0.273. The fourth-order valence-corrected chi connectivity index (χ4v) is 2.61. The molecule has 1 heterocycles. The van der Waals surface area contributed by atoms with Crippen molar-refractivity contribution >= 4 is 0 Å². The molecule has 0 aromatic carbocycles. The van der Waals surface area contributed by atoms with Crippen molar-refractivity contribution in [1.82, 2.24) is 5.43 Å². The Balaban J connectivity index is 2.16. The standard InChI is InChI=1S/C8H16N2O2/c9-10-7(11)8-3-1-2-6(8)12-5-4-8/h6-7,10-11H,1-5,9H2/t6-,7?,8+/m1/s1. The summed E-state index contributed by atoms with van der Waals surface area (Å²) < 4.78 is 5.55. The minimum Gasteiger partial charge on any atom is -0.377 e. The van der Waals surface area contributed by atoms with E-state index in [9.17, 15) is 5.11 Å². The Kier molecular flexibility index (Phi) is 2.08. The van der Waals surface area contributed by atoms with Gasteiger partial charge in [-0.1, -0.05) is 6.42 Å². The molecule has 1 aliphatic carbocycles. The Morgan fingerprint density at radius 2 is 2.42 bits per heavy atom. The van der Waals surface area contributed by atoms with Crippen LogP contribution in [-0.2, 0) is 4.74 Å². The molecular weight excluding hydrogens is 156 g/mol. The Morgan fingerprint density at radius 3 is 3.17 bits per heavy atom. The number of rotatable bonds is 2. The summed E-state index contributed by atoms with van der Waals surface area (Å²) in [6.45, 7) is 0.767. The van der Waals surface area contributed by atoms with Gasteiger partial charge in [-0.15, -0.1) is 0 Å². The molecule has 0 aromatic heterocycles. The van der Waals surface area contributed by atoms with Gasteiger partial charge in [-0.3, -0.25) is 5.84 Å². The average molecular weight is 172 g/mol. The van der Waals surface area contributed by atoms with Gasteiger partial charge in [-0.25, -0.2) is 5.43 Å². The SMILES string of the molecule is NNC(O)[C@]12CCC[C@H]1OCC2. The van der Waals surface area contributed by atoms with E-state index < -0.39 is 6.23 Å². The van der Waals surface area contributed by atoms with Crippen LogP contribution < -0.4 is 11.3 Å². The predicted molar refractivity (Wildman–Crippen MR) is 44.0 cm³/mol. The fraction of sp³-hybridized carbons (Fsp3) is 1.00. The lowest BCUT2D eigenvalue weighted by atomic mass is 9.81. The van der Waals surface area contributed by atoms with Crippen molar-refractivity contribution in [2.45, 2.75) is 38.0 Å². The molecule has 0 amide bonds. The molecule has 4 heteroatoms. The van der Waals surface area contributed by atoms with Crippen LogP contribution in [0.5, 0.6) is 0 Å². The molecule has 0 spiro atoms. The Labute approximate surface area is 72.0 Å². The maximum absolute atomic E-state index is 9.70. The minimum absolute atomic E-state index is 0.0885. The number of nitrogens with two attached hydrogens (primary N) is 1. The van der Waals surface area contributed by atoms with Crippen molar-refractivity contribution in [1.29, 1.82) is 0 Å². The second-order valence-electron chi connectivity index (χ2n) is 3.80. The summed E-state index contributed by atoms with van der Waals surface area (Å²) in [5.41, 5.74) is 2.36. The van der Waals surface area contributed by atoms with Crippen LogP contribution in [0.15, 0.2) is 0 Å². The average Bonchev–Trinajstić information content (AvgIpc) is 2.60. The molecule has 2 rings (SSSR count). The molecule has 0 bridgehead atoms. The molecule has 2 fully saturated rings. The van der Waals surface area contributed by atoms with Crippen molar-refractivity contribution in [3.63, 3.8) is 0 Å². The number of hydrazine groups is 1. The molecule has 12 heavy (non-hydrogen) atoms. The normalized spacial score (nSPS) is 43.0. The number of aliphatic hydroxyl groups is 1. The summed E-state index contributed by atoms with van der Waals surface area (Å²) in [5, 5.41) is 9.70. The Hall–Kier alpha value is -0.160. The lowest BCUT2D eigenvalue weighted by Gasteiger charge is -2.32. The molecule has 70 valence electrons. The van der Waals surface area contributed by atoms with Crippen molar-refractivity contribution in [3.05, 3.63) is 0 Å². The van der Waals surface area contributed by atoms with Crippen LogP contribution in [0, 0.1) is 5.41 Å². The number of aliphatic hydroxyl groups excluding tert-OH is 1. The van der Waals surface area contributed by atoms with Crippen LogP contribution in [0.3, 0.4) is 0 Å². The van der Waals surface area contributed by atoms with Crippen LogP contribution in [0.2, 0.25) is 0 Å². The van der Waals surface area contributed by atoms with Gasteiger partial charge in [0, 0.05) is 12.0 Å². The second-order valence-corrected chi connectivity index (χ2v) is 3.80. The third-order valence-electron chi connectivity index (χ3n) is 3.34. The van der Waals surface area contributed by atoms with Gasteiger partial charge in [0.15, 0.2) is 0 Å². The minimum atomic E-state index is -0.604. The zero-order valence-corrected chi connectivity index (χ0v) is 7.12. The third-order valence-corrected chi connectivity index (χ3v) is 3.34. The first-order valence-corrected chi connectivity index (χ1v) is 4.55. The highest BCUT2D eigenvalue weighted by Gasteiger charge is 2.51. The maximum Gasteiger partial charge on any atom is 0.125 e. The molecule has 1 saturated heterocycles. The molecule has 0 aromatic rings. The number of nitrogens with one attached hydrogen (secondary N) is 1. The monoisotopic (exact) mass is 172 g/mol. The van der Waals surface area contributed by atoms with Crippen LogP contribution >= 0.6 is 0 Å². The largest absolute Gasteiger partial charge is 0.377 e. The first-order chi connectivity index (χ1) is 5.79. The van der Waals surface area contributed by atoms with Gasteiger partial charge in [0.1, 0.15) is 6.23 Å². The van der Waals surface area contributed by atoms with Crippen LogP contribution in [-0.4, -0.2) is 24.0 Å². The molecular formula is C8H16N2O2. The second kappa shape index (κ2) is 2.96. The Bertz CT molecular complexity index is 164. The summed E-state index contributed by atoms with van der Waals surface area (Å²) in [7, 11) is 0. The molecule has 0 radical (unpaired) electrons. The lowest BCUT2D eigenvalue weighted by Crippen LogP contribution is -2.50. The van der Waals surface area contributed by atoms with E-state index in [-0.39, 0.29) is 11.5 Å². The van der Waals surface area contributed by atoms with Gasteiger partial charge < -0.3 is 9.84 Å². The first kappa shape index (κ1) is 8.44. The molecule has 4 nitrogen and oxygen atoms in total. The molecule has 4 N–H and O–H groups in total. The third kappa shape index (κ3) is 0.992. The van der Waals surface area contributed by atoms with E-state index in [2.05, 4.69) is 5.43 Å². The maximum atomic E-state index is 9.70.